The van der Waals surface area contributed by atoms with E-state index in [4.69, 9.17) is 18.3 Å². The van der Waals surface area contributed by atoms with E-state index < -0.39 is 5.60 Å². The van der Waals surface area contributed by atoms with E-state index in [1.807, 2.05) is 44.2 Å². The van der Waals surface area contributed by atoms with Gasteiger partial charge in [-0.05, 0) is 69.9 Å². The van der Waals surface area contributed by atoms with Gasteiger partial charge in [-0.3, -0.25) is 0 Å². The van der Waals surface area contributed by atoms with Crippen molar-refractivity contribution < 1.29 is 23.1 Å². The van der Waals surface area contributed by atoms with Crippen molar-refractivity contribution in [1.29, 1.82) is 0 Å². The molecular weight excluding hydrogens is 494 g/mol. The summed E-state index contributed by atoms with van der Waals surface area (Å²) in [4.78, 5) is 21.6. The average molecular weight is 532 g/mol. The Morgan fingerprint density at radius 1 is 1.05 bits per heavy atom. The molecule has 0 aliphatic rings. The first-order valence-corrected chi connectivity index (χ1v) is 13.3. The maximum Gasteiger partial charge on any atom is 0.349 e. The number of hydrogen-bond donors (Lipinski definition) is 1. The molecule has 8 nitrogen and oxygen atoms in total. The number of carbonyl (C=O) groups is 1. The van der Waals surface area contributed by atoms with Crippen LogP contribution in [0.25, 0.3) is 11.5 Å². The molecule has 1 N–H and O–H groups in total. The Hall–Kier alpha value is -3.91. The second kappa shape index (κ2) is 12.3. The summed E-state index contributed by atoms with van der Waals surface area (Å²) in [6, 6.07) is 14.0. The Balaban J connectivity index is 1.36. The second-order valence-electron chi connectivity index (χ2n) is 9.99. The van der Waals surface area contributed by atoms with Gasteiger partial charge in [0.25, 0.3) is 0 Å². The van der Waals surface area contributed by atoms with Gasteiger partial charge in [-0.2, -0.15) is 0 Å². The third-order valence-electron chi connectivity index (χ3n) is 6.38. The van der Waals surface area contributed by atoms with Gasteiger partial charge in [0.05, 0.1) is 24.5 Å². The largest absolute Gasteiger partial charge is 0.476 e. The van der Waals surface area contributed by atoms with Crippen LogP contribution in [0.1, 0.15) is 67.4 Å². The summed E-state index contributed by atoms with van der Waals surface area (Å²) in [5.41, 5.74) is 4.65. The molecule has 0 bridgehead atoms. The van der Waals surface area contributed by atoms with Crippen molar-refractivity contribution >= 4 is 5.97 Å². The zero-order chi connectivity index (χ0) is 28.0. The van der Waals surface area contributed by atoms with E-state index in [2.05, 4.69) is 34.3 Å². The van der Waals surface area contributed by atoms with E-state index in [0.29, 0.717) is 37.9 Å². The lowest BCUT2D eigenvalue weighted by Crippen LogP contribution is -2.40. The van der Waals surface area contributed by atoms with Gasteiger partial charge in [0.1, 0.15) is 17.8 Å². The lowest BCUT2D eigenvalue weighted by molar-refractivity contribution is -0.158. The van der Waals surface area contributed by atoms with Crippen LogP contribution in [-0.4, -0.2) is 28.1 Å². The first-order valence-electron chi connectivity index (χ1n) is 13.3. The number of rotatable bonds is 12. The van der Waals surface area contributed by atoms with Gasteiger partial charge in [0, 0.05) is 18.5 Å². The van der Waals surface area contributed by atoms with Crippen LogP contribution >= 0.6 is 0 Å². The van der Waals surface area contributed by atoms with Crippen molar-refractivity contribution in [3.05, 3.63) is 88.5 Å². The molecule has 0 saturated heterocycles. The Kier molecular flexibility index (Phi) is 8.86. The molecule has 4 rings (SSSR count). The van der Waals surface area contributed by atoms with Gasteiger partial charge in [-0.1, -0.05) is 37.3 Å². The number of oxazole rings is 2. The fourth-order valence-electron chi connectivity index (χ4n) is 4.33. The predicted molar refractivity (Wildman–Crippen MR) is 148 cm³/mol. The van der Waals surface area contributed by atoms with Crippen LogP contribution in [0.15, 0.2) is 57.6 Å². The Morgan fingerprint density at radius 3 is 2.54 bits per heavy atom. The van der Waals surface area contributed by atoms with E-state index in [9.17, 15) is 4.79 Å². The highest BCUT2D eigenvalue weighted by molar-refractivity contribution is 5.79. The van der Waals surface area contributed by atoms with Crippen molar-refractivity contribution in [2.45, 2.75) is 73.1 Å². The molecule has 0 fully saturated rings. The summed E-state index contributed by atoms with van der Waals surface area (Å²) in [6.45, 7) is 12.7. The molecule has 0 saturated carbocycles. The highest BCUT2D eigenvalue weighted by atomic mass is 16.6. The van der Waals surface area contributed by atoms with Gasteiger partial charge in [-0.25, -0.2) is 14.8 Å². The Bertz CT molecular complexity index is 1410. The van der Waals surface area contributed by atoms with Crippen LogP contribution in [0.3, 0.4) is 0 Å². The third-order valence-corrected chi connectivity index (χ3v) is 6.38. The van der Waals surface area contributed by atoms with Gasteiger partial charge in [0.15, 0.2) is 5.60 Å². The maximum absolute atomic E-state index is 12.3. The number of esters is 1. The number of nitrogens with one attached hydrogen (secondary N) is 1. The number of carbonyl (C=O) groups excluding carboxylic acids is 1. The molecule has 8 heteroatoms. The second-order valence-corrected chi connectivity index (χ2v) is 9.99. The number of aromatic nitrogens is 2. The summed E-state index contributed by atoms with van der Waals surface area (Å²) in [6.07, 6.45) is 2.98. The van der Waals surface area contributed by atoms with Crippen molar-refractivity contribution in [3.63, 3.8) is 0 Å². The van der Waals surface area contributed by atoms with Crippen molar-refractivity contribution in [1.82, 2.24) is 15.3 Å². The van der Waals surface area contributed by atoms with E-state index >= 15 is 0 Å². The number of benzene rings is 2. The van der Waals surface area contributed by atoms with Crippen LogP contribution < -0.4 is 10.1 Å². The lowest BCUT2D eigenvalue weighted by atomic mass is 10.0. The van der Waals surface area contributed by atoms with Crippen LogP contribution in [0.5, 0.6) is 5.75 Å². The minimum atomic E-state index is -1.07. The normalized spacial score (nSPS) is 11.5. The number of aryl methyl sites for hydroxylation is 3. The third kappa shape index (κ3) is 6.95. The summed E-state index contributed by atoms with van der Waals surface area (Å²) in [5, 5.41) is 3.41. The molecule has 0 atom stereocenters. The highest BCUT2D eigenvalue weighted by Gasteiger charge is 2.32. The molecule has 0 radical (unpaired) electrons. The van der Waals surface area contributed by atoms with E-state index in [-0.39, 0.29) is 5.97 Å². The molecule has 39 heavy (non-hydrogen) atoms. The van der Waals surface area contributed by atoms with Gasteiger partial charge in [-0.15, -0.1) is 0 Å². The quantitative estimate of drug-likeness (QED) is 0.219. The summed E-state index contributed by atoms with van der Waals surface area (Å²) < 4.78 is 22.9. The topological polar surface area (TPSA) is 99.6 Å². The average Bonchev–Trinajstić information content (AvgIpc) is 3.52. The maximum atomic E-state index is 12.3. The van der Waals surface area contributed by atoms with Crippen molar-refractivity contribution in [2.24, 2.45) is 0 Å². The molecule has 0 unspecified atom stereocenters. The molecule has 0 aliphatic heterocycles. The summed E-state index contributed by atoms with van der Waals surface area (Å²) >= 11 is 0. The minimum absolute atomic E-state index is 0.316. The fourth-order valence-corrected chi connectivity index (χ4v) is 4.33. The summed E-state index contributed by atoms with van der Waals surface area (Å²) in [7, 11) is 0. The zero-order valence-electron chi connectivity index (χ0n) is 23.6. The van der Waals surface area contributed by atoms with Gasteiger partial charge >= 0.3 is 5.97 Å². The van der Waals surface area contributed by atoms with Gasteiger partial charge < -0.3 is 23.6 Å². The fraction of sp³-hybridized carbons (Fsp3) is 0.387. The molecule has 2 aromatic carbocycles. The lowest BCUT2D eigenvalue weighted by Gasteiger charge is -2.27. The minimum Gasteiger partial charge on any atom is -0.476 e. The zero-order valence-corrected chi connectivity index (χ0v) is 23.6. The van der Waals surface area contributed by atoms with Crippen LogP contribution in [0, 0.1) is 13.8 Å². The smallest absolute Gasteiger partial charge is 0.349 e. The Labute approximate surface area is 229 Å². The highest BCUT2D eigenvalue weighted by Crippen LogP contribution is 2.30. The molecule has 2 heterocycles. The molecule has 0 aliphatic carbocycles. The van der Waals surface area contributed by atoms with Crippen molar-refractivity contribution in [3.8, 4) is 17.2 Å². The van der Waals surface area contributed by atoms with Crippen LogP contribution in [0.2, 0.25) is 0 Å². The standard InChI is InChI=1S/C31H37N3O5/c1-7-23-15-22(14-20(3)28(23)39-31(5,6)30(35)36-8-2)17-32-18-27-33-25(19-37-27)16-26-21(4)38-29(34-26)24-12-10-9-11-13-24/h9-15,19,32H,7-8,16-18H2,1-6H3. The van der Waals surface area contributed by atoms with Crippen molar-refractivity contribution in [2.75, 3.05) is 6.61 Å². The molecular formula is C31H37N3O5. The van der Waals surface area contributed by atoms with E-state index in [1.165, 1.54) is 0 Å². The van der Waals surface area contributed by atoms with Gasteiger partial charge in [0.2, 0.25) is 11.8 Å². The first-order chi connectivity index (χ1) is 18.7. The monoisotopic (exact) mass is 531 g/mol. The first kappa shape index (κ1) is 28.1. The van der Waals surface area contributed by atoms with E-state index in [1.54, 1.807) is 27.0 Å². The van der Waals surface area contributed by atoms with E-state index in [0.717, 1.165) is 51.6 Å². The molecule has 0 amide bonds. The molecule has 4 aromatic rings. The number of ether oxygens (including phenoxy) is 2. The van der Waals surface area contributed by atoms with Crippen LogP contribution in [0.4, 0.5) is 0 Å². The van der Waals surface area contributed by atoms with Crippen LogP contribution in [-0.2, 0) is 35.5 Å². The predicted octanol–water partition coefficient (Wildman–Crippen LogP) is 6.11. The Morgan fingerprint density at radius 2 is 1.82 bits per heavy atom. The molecule has 206 valence electrons. The number of hydrogen-bond acceptors (Lipinski definition) is 8. The summed E-state index contributed by atoms with van der Waals surface area (Å²) in [5.74, 6) is 2.35. The molecule has 0 spiro atoms. The number of nitrogens with zero attached hydrogens (tertiary/aromatic N) is 2. The molecule has 2 aromatic heterocycles. The SMILES string of the molecule is CCOC(=O)C(C)(C)Oc1c(C)cc(CNCc2nc(Cc3nc(-c4ccccc4)oc3C)co2)cc1CC.